The largest absolute Gasteiger partial charge is 0.381 e. The van der Waals surface area contributed by atoms with Gasteiger partial charge in [0.2, 0.25) is 5.95 Å². The van der Waals surface area contributed by atoms with Crippen LogP contribution in [0.4, 0.5) is 11.8 Å². The van der Waals surface area contributed by atoms with E-state index in [1.165, 1.54) is 47.9 Å². The Bertz CT molecular complexity index is 1100. The van der Waals surface area contributed by atoms with E-state index in [0.717, 1.165) is 70.5 Å². The molecule has 0 bridgehead atoms. The Morgan fingerprint density at radius 3 is 2.54 bits per heavy atom. The lowest BCUT2D eigenvalue weighted by molar-refractivity contribution is -0.0373. The zero-order valence-electron chi connectivity index (χ0n) is 22.5. The number of hydrogen-bond donors (Lipinski definition) is 2. The molecule has 2 saturated heterocycles. The maximum Gasteiger partial charge on any atom is 0.225 e. The fourth-order valence-electron chi connectivity index (χ4n) is 6.86. The van der Waals surface area contributed by atoms with Crippen molar-refractivity contribution in [3.05, 3.63) is 53.2 Å². The van der Waals surface area contributed by atoms with E-state index >= 15 is 0 Å². The third-order valence-corrected chi connectivity index (χ3v) is 9.16. The van der Waals surface area contributed by atoms with Gasteiger partial charge in [0.1, 0.15) is 5.82 Å². The quantitative estimate of drug-likeness (QED) is 0.592. The van der Waals surface area contributed by atoms with Gasteiger partial charge in [-0.3, -0.25) is 4.90 Å². The third-order valence-electron chi connectivity index (χ3n) is 9.16. The highest BCUT2D eigenvalue weighted by Crippen LogP contribution is 2.39. The van der Waals surface area contributed by atoms with E-state index in [-0.39, 0.29) is 11.6 Å². The molecule has 2 aromatic rings. The van der Waals surface area contributed by atoms with Crippen LogP contribution in [0.1, 0.15) is 75.1 Å². The highest BCUT2D eigenvalue weighted by atomic mass is 16.5. The van der Waals surface area contributed by atoms with Gasteiger partial charge in [-0.15, -0.1) is 0 Å². The molecule has 37 heavy (non-hydrogen) atoms. The summed E-state index contributed by atoms with van der Waals surface area (Å²) in [6, 6.07) is 10.0. The van der Waals surface area contributed by atoms with Crippen molar-refractivity contribution in [2.45, 2.75) is 70.0 Å². The third kappa shape index (κ3) is 4.89. The molecule has 1 aromatic heterocycles. The molecule has 1 saturated carbocycles. The maximum atomic E-state index is 5.78. The van der Waals surface area contributed by atoms with Gasteiger partial charge in [0, 0.05) is 63.7 Å². The summed E-state index contributed by atoms with van der Waals surface area (Å²) < 4.78 is 5.78. The first-order chi connectivity index (χ1) is 18.1. The van der Waals surface area contributed by atoms with Crippen molar-refractivity contribution in [3.8, 4) is 0 Å². The van der Waals surface area contributed by atoms with Crippen LogP contribution >= 0.6 is 0 Å². The molecule has 4 heterocycles. The smallest absolute Gasteiger partial charge is 0.225 e. The number of fused-ring (bicyclic) bond motifs is 1. The number of rotatable bonds is 6. The van der Waals surface area contributed by atoms with Crippen molar-refractivity contribution in [1.29, 1.82) is 0 Å². The van der Waals surface area contributed by atoms with Crippen LogP contribution in [0.5, 0.6) is 0 Å². The van der Waals surface area contributed by atoms with E-state index < -0.39 is 0 Å². The minimum atomic E-state index is 0.0895. The molecule has 0 amide bonds. The van der Waals surface area contributed by atoms with Gasteiger partial charge in [-0.1, -0.05) is 43.2 Å². The van der Waals surface area contributed by atoms with E-state index in [4.69, 9.17) is 14.7 Å². The minimum absolute atomic E-state index is 0.0895. The number of benzene rings is 1. The van der Waals surface area contributed by atoms with E-state index in [1.807, 2.05) is 6.20 Å². The van der Waals surface area contributed by atoms with Gasteiger partial charge in [-0.05, 0) is 56.2 Å². The lowest BCUT2D eigenvalue weighted by atomic mass is 9.80. The molecule has 7 nitrogen and oxygen atoms in total. The molecule has 1 atom stereocenters. The van der Waals surface area contributed by atoms with Gasteiger partial charge >= 0.3 is 0 Å². The van der Waals surface area contributed by atoms with Crippen molar-refractivity contribution < 1.29 is 4.74 Å². The Morgan fingerprint density at radius 2 is 1.81 bits per heavy atom. The number of nitrogens with zero attached hydrogens (tertiary/aromatic N) is 4. The first-order valence-corrected chi connectivity index (χ1v) is 14.4. The lowest BCUT2D eigenvalue weighted by Gasteiger charge is -2.48. The van der Waals surface area contributed by atoms with Crippen LogP contribution in [0, 0.1) is 0 Å². The van der Waals surface area contributed by atoms with Gasteiger partial charge in [0.05, 0.1) is 11.6 Å². The molecule has 1 aliphatic carbocycles. The summed E-state index contributed by atoms with van der Waals surface area (Å²) in [4.78, 5) is 15.0. The Balaban J connectivity index is 1.20. The average molecular weight is 503 g/mol. The summed E-state index contributed by atoms with van der Waals surface area (Å²) in [5, 5.41) is 7.11. The summed E-state index contributed by atoms with van der Waals surface area (Å²) >= 11 is 0. The van der Waals surface area contributed by atoms with Crippen LogP contribution in [0.25, 0.3) is 5.57 Å². The molecule has 3 fully saturated rings. The van der Waals surface area contributed by atoms with Crippen LogP contribution in [0.15, 0.2) is 36.5 Å². The fourth-order valence-corrected chi connectivity index (χ4v) is 6.86. The number of ether oxygens (including phenoxy) is 1. The highest BCUT2D eigenvalue weighted by molar-refractivity contribution is 5.77. The van der Waals surface area contributed by atoms with Gasteiger partial charge in [0.25, 0.3) is 0 Å². The Labute approximate surface area is 221 Å². The molecule has 0 unspecified atom stereocenters. The second-order valence-corrected chi connectivity index (χ2v) is 11.3. The number of nitrogens with one attached hydrogen (secondary N) is 2. The van der Waals surface area contributed by atoms with E-state index in [1.54, 1.807) is 0 Å². The second kappa shape index (κ2) is 10.7. The zero-order valence-corrected chi connectivity index (χ0v) is 22.5. The van der Waals surface area contributed by atoms with Crippen LogP contribution in [-0.2, 0) is 10.3 Å². The van der Waals surface area contributed by atoms with Crippen molar-refractivity contribution in [2.24, 2.45) is 0 Å². The standard InChI is InChI=1S/C30H42N6O/c1-22-11-16-36(26-5-3-4-6-26)28-27(22)21-32-29(34-28)33-23(2)24-7-9-25(10-8-24)30(12-19-37-20-13-30)35-17-14-31-15-18-35/h7-11,21,23,26,31H,3-6,12-20H2,1-2H3,(H,32,33,34)/t23-/m0/s1. The number of anilines is 2. The molecule has 198 valence electrons. The summed E-state index contributed by atoms with van der Waals surface area (Å²) in [5.74, 6) is 1.82. The predicted octanol–water partition coefficient (Wildman–Crippen LogP) is 4.73. The number of hydrogen-bond acceptors (Lipinski definition) is 7. The fraction of sp³-hybridized carbons (Fsp3) is 0.600. The molecule has 1 aromatic carbocycles. The number of aromatic nitrogens is 2. The zero-order chi connectivity index (χ0) is 25.2. The molecule has 4 aliphatic rings. The van der Waals surface area contributed by atoms with Crippen LogP contribution in [0.2, 0.25) is 0 Å². The molecule has 0 spiro atoms. The minimum Gasteiger partial charge on any atom is -0.381 e. The summed E-state index contributed by atoms with van der Waals surface area (Å²) in [7, 11) is 0. The molecule has 0 radical (unpaired) electrons. The molecule has 2 N–H and O–H groups in total. The molecule has 3 aliphatic heterocycles. The van der Waals surface area contributed by atoms with Crippen molar-refractivity contribution in [1.82, 2.24) is 20.2 Å². The molecule has 6 rings (SSSR count). The SMILES string of the molecule is CC1=CCN(C2CCCC2)c2nc(N[C@@H](C)c3ccc(C4(N5CCNCC5)CCOCC4)cc3)ncc21. The topological polar surface area (TPSA) is 65.6 Å². The molecular formula is C30H42N6O. The summed E-state index contributed by atoms with van der Waals surface area (Å²) in [6.45, 7) is 11.3. The van der Waals surface area contributed by atoms with Crippen LogP contribution < -0.4 is 15.5 Å². The second-order valence-electron chi connectivity index (χ2n) is 11.3. The Hall–Kier alpha value is -2.48. The predicted molar refractivity (Wildman–Crippen MR) is 150 cm³/mol. The van der Waals surface area contributed by atoms with E-state index in [0.29, 0.717) is 6.04 Å². The lowest BCUT2D eigenvalue weighted by Crippen LogP contribution is -2.56. The van der Waals surface area contributed by atoms with Gasteiger partial charge in [-0.25, -0.2) is 4.98 Å². The monoisotopic (exact) mass is 502 g/mol. The van der Waals surface area contributed by atoms with E-state index in [2.05, 4.69) is 64.6 Å². The Morgan fingerprint density at radius 1 is 1.08 bits per heavy atom. The average Bonchev–Trinajstić information content (AvgIpc) is 3.49. The van der Waals surface area contributed by atoms with Gasteiger partial charge in [0.15, 0.2) is 0 Å². The van der Waals surface area contributed by atoms with E-state index in [9.17, 15) is 0 Å². The van der Waals surface area contributed by atoms with Crippen LogP contribution in [-0.4, -0.2) is 66.8 Å². The molecular weight excluding hydrogens is 460 g/mol. The maximum absolute atomic E-state index is 5.78. The van der Waals surface area contributed by atoms with Crippen LogP contribution in [0.3, 0.4) is 0 Å². The molecule has 7 heteroatoms. The number of allylic oxidation sites excluding steroid dienone is 1. The van der Waals surface area contributed by atoms with Gasteiger partial charge < -0.3 is 20.3 Å². The first kappa shape index (κ1) is 24.8. The normalized spacial score (nSPS) is 23.4. The summed E-state index contributed by atoms with van der Waals surface area (Å²) in [6.07, 6.45) is 11.6. The van der Waals surface area contributed by atoms with Crippen molar-refractivity contribution >= 4 is 17.3 Å². The summed E-state index contributed by atoms with van der Waals surface area (Å²) in [5.41, 5.74) is 5.23. The van der Waals surface area contributed by atoms with Crippen molar-refractivity contribution in [3.63, 3.8) is 0 Å². The van der Waals surface area contributed by atoms with Gasteiger partial charge in [-0.2, -0.15) is 4.98 Å². The number of piperazine rings is 1. The Kier molecular flexibility index (Phi) is 7.19. The first-order valence-electron chi connectivity index (χ1n) is 14.4. The highest BCUT2D eigenvalue weighted by Gasteiger charge is 2.40. The van der Waals surface area contributed by atoms with Crippen molar-refractivity contribution in [2.75, 3.05) is 56.2 Å².